The molecular formula is C11H13NO3. The molecule has 4 heteroatoms. The molecule has 0 aromatic heterocycles. The molecule has 2 N–H and O–H groups in total. The number of hydrogen-bond donors (Lipinski definition) is 2. The lowest BCUT2D eigenvalue weighted by Crippen LogP contribution is -2.53. The lowest BCUT2D eigenvalue weighted by atomic mass is 9.86. The van der Waals surface area contributed by atoms with E-state index in [1.807, 2.05) is 30.3 Å². The van der Waals surface area contributed by atoms with Crippen LogP contribution in [0.5, 0.6) is 0 Å². The average molecular weight is 207 g/mol. The van der Waals surface area contributed by atoms with Crippen molar-refractivity contribution in [3.05, 3.63) is 30.3 Å². The molecule has 1 aromatic carbocycles. The number of carbonyl (C=O) groups is 1. The van der Waals surface area contributed by atoms with Crippen molar-refractivity contribution in [2.45, 2.75) is 0 Å². The number of carboxylic acid groups (broad SMARTS) is 1. The molecule has 0 amide bonds. The molecule has 1 aromatic rings. The van der Waals surface area contributed by atoms with Crippen molar-refractivity contribution in [1.29, 1.82) is 0 Å². The van der Waals surface area contributed by atoms with E-state index >= 15 is 0 Å². The number of para-hydroxylation sites is 1. The monoisotopic (exact) mass is 207 g/mol. The minimum atomic E-state index is -0.794. The van der Waals surface area contributed by atoms with E-state index in [-0.39, 0.29) is 0 Å². The summed E-state index contributed by atoms with van der Waals surface area (Å²) < 4.78 is 4.97. The summed E-state index contributed by atoms with van der Waals surface area (Å²) in [6.07, 6.45) is 0. The third-order valence-electron chi connectivity index (χ3n) is 2.62. The Kier molecular flexibility index (Phi) is 2.60. The van der Waals surface area contributed by atoms with Crippen LogP contribution in [0.4, 0.5) is 5.69 Å². The van der Waals surface area contributed by atoms with E-state index in [9.17, 15) is 4.79 Å². The highest BCUT2D eigenvalue weighted by Gasteiger charge is 2.46. The van der Waals surface area contributed by atoms with Gasteiger partial charge in [0.05, 0.1) is 13.2 Å². The maximum Gasteiger partial charge on any atom is 0.316 e. The topological polar surface area (TPSA) is 58.6 Å². The van der Waals surface area contributed by atoms with Crippen LogP contribution in [-0.4, -0.2) is 30.8 Å². The molecule has 0 bridgehead atoms. The van der Waals surface area contributed by atoms with Crippen LogP contribution < -0.4 is 5.32 Å². The summed E-state index contributed by atoms with van der Waals surface area (Å²) in [5.74, 6) is -0.794. The maximum atomic E-state index is 11.0. The molecule has 0 atom stereocenters. The van der Waals surface area contributed by atoms with Gasteiger partial charge in [-0.05, 0) is 12.1 Å². The highest BCUT2D eigenvalue weighted by molar-refractivity contribution is 5.76. The summed E-state index contributed by atoms with van der Waals surface area (Å²) in [5.41, 5.74) is 0.195. The molecule has 0 radical (unpaired) electrons. The van der Waals surface area contributed by atoms with Gasteiger partial charge in [0.25, 0.3) is 0 Å². The zero-order valence-corrected chi connectivity index (χ0v) is 8.27. The highest BCUT2D eigenvalue weighted by atomic mass is 16.5. The van der Waals surface area contributed by atoms with Crippen LogP contribution in [0.25, 0.3) is 0 Å². The number of rotatable bonds is 4. The molecule has 80 valence electrons. The first-order valence-corrected chi connectivity index (χ1v) is 4.83. The summed E-state index contributed by atoms with van der Waals surface area (Å²) >= 11 is 0. The first-order chi connectivity index (χ1) is 7.23. The van der Waals surface area contributed by atoms with E-state index < -0.39 is 11.4 Å². The summed E-state index contributed by atoms with van der Waals surface area (Å²) in [4.78, 5) is 11.0. The van der Waals surface area contributed by atoms with Gasteiger partial charge in [-0.2, -0.15) is 0 Å². The van der Waals surface area contributed by atoms with E-state index in [1.54, 1.807) is 0 Å². The van der Waals surface area contributed by atoms with Gasteiger partial charge in [0.15, 0.2) is 0 Å². The van der Waals surface area contributed by atoms with Gasteiger partial charge in [0, 0.05) is 12.2 Å². The SMILES string of the molecule is O=C(O)C1(CNc2ccccc2)COC1. The molecule has 0 unspecified atom stereocenters. The van der Waals surface area contributed by atoms with Gasteiger partial charge in [-0.25, -0.2) is 0 Å². The van der Waals surface area contributed by atoms with Crippen molar-refractivity contribution < 1.29 is 14.6 Å². The number of ether oxygens (including phenoxy) is 1. The van der Waals surface area contributed by atoms with Crippen LogP contribution in [0.2, 0.25) is 0 Å². The Morgan fingerprint density at radius 2 is 2.07 bits per heavy atom. The predicted molar refractivity (Wildman–Crippen MR) is 55.8 cm³/mol. The van der Waals surface area contributed by atoms with Gasteiger partial charge in [-0.3, -0.25) is 4.79 Å². The molecule has 1 heterocycles. The average Bonchev–Trinajstić information content (AvgIpc) is 2.17. The molecule has 2 rings (SSSR count). The molecule has 1 aliphatic rings. The Labute approximate surface area is 87.9 Å². The molecule has 1 fully saturated rings. The molecule has 15 heavy (non-hydrogen) atoms. The molecule has 0 saturated carbocycles. The fourth-order valence-electron chi connectivity index (χ4n) is 1.48. The molecule has 0 spiro atoms. The molecular weight excluding hydrogens is 194 g/mol. The van der Waals surface area contributed by atoms with Crippen molar-refractivity contribution in [3.63, 3.8) is 0 Å². The second kappa shape index (κ2) is 3.90. The van der Waals surface area contributed by atoms with Gasteiger partial charge >= 0.3 is 5.97 Å². The van der Waals surface area contributed by atoms with Crippen LogP contribution >= 0.6 is 0 Å². The van der Waals surface area contributed by atoms with E-state index in [2.05, 4.69) is 5.32 Å². The van der Waals surface area contributed by atoms with E-state index in [4.69, 9.17) is 9.84 Å². The molecule has 4 nitrogen and oxygen atoms in total. The van der Waals surface area contributed by atoms with Crippen LogP contribution in [0.3, 0.4) is 0 Å². The summed E-state index contributed by atoms with van der Waals surface area (Å²) in [7, 11) is 0. The molecule has 1 saturated heterocycles. The summed E-state index contributed by atoms with van der Waals surface area (Å²) in [5, 5.41) is 12.1. The van der Waals surface area contributed by atoms with Crippen LogP contribution in [-0.2, 0) is 9.53 Å². The minimum absolute atomic E-state index is 0.294. The van der Waals surface area contributed by atoms with Gasteiger partial charge in [-0.1, -0.05) is 18.2 Å². The number of anilines is 1. The van der Waals surface area contributed by atoms with Crippen molar-refractivity contribution >= 4 is 11.7 Å². The fourth-order valence-corrected chi connectivity index (χ4v) is 1.48. The Morgan fingerprint density at radius 3 is 2.53 bits per heavy atom. The lowest BCUT2D eigenvalue weighted by Gasteiger charge is -2.37. The first-order valence-electron chi connectivity index (χ1n) is 4.83. The number of nitrogens with one attached hydrogen (secondary N) is 1. The second-order valence-electron chi connectivity index (χ2n) is 3.80. The lowest BCUT2D eigenvalue weighted by molar-refractivity contribution is -0.176. The second-order valence-corrected chi connectivity index (χ2v) is 3.80. The van der Waals surface area contributed by atoms with E-state index in [1.165, 1.54) is 0 Å². The van der Waals surface area contributed by atoms with E-state index in [0.717, 1.165) is 5.69 Å². The standard InChI is InChI=1S/C11H13NO3/c13-10(14)11(7-15-8-11)6-12-9-4-2-1-3-5-9/h1-5,12H,6-8H2,(H,13,14). The molecule has 0 aliphatic carbocycles. The smallest absolute Gasteiger partial charge is 0.316 e. The summed E-state index contributed by atoms with van der Waals surface area (Å²) in [6.45, 7) is 0.997. The third kappa shape index (κ3) is 1.94. The number of hydrogen-bond acceptors (Lipinski definition) is 3. The van der Waals surface area contributed by atoms with Gasteiger partial charge in [0.2, 0.25) is 0 Å². The minimum Gasteiger partial charge on any atom is -0.481 e. The van der Waals surface area contributed by atoms with Crippen LogP contribution in [0.15, 0.2) is 30.3 Å². The van der Waals surface area contributed by atoms with Crippen LogP contribution in [0.1, 0.15) is 0 Å². The number of benzene rings is 1. The van der Waals surface area contributed by atoms with Crippen molar-refractivity contribution in [2.75, 3.05) is 25.1 Å². The van der Waals surface area contributed by atoms with Gasteiger partial charge < -0.3 is 15.2 Å². The predicted octanol–water partition coefficient (Wildman–Crippen LogP) is 1.20. The maximum absolute atomic E-state index is 11.0. The molecule has 1 aliphatic heterocycles. The zero-order chi connectivity index (χ0) is 10.7. The first kappa shape index (κ1) is 9.98. The highest BCUT2D eigenvalue weighted by Crippen LogP contribution is 2.28. The van der Waals surface area contributed by atoms with Crippen molar-refractivity contribution in [3.8, 4) is 0 Å². The van der Waals surface area contributed by atoms with Gasteiger partial charge in [-0.15, -0.1) is 0 Å². The van der Waals surface area contributed by atoms with Crippen molar-refractivity contribution in [2.24, 2.45) is 5.41 Å². The number of carboxylic acids is 1. The fraction of sp³-hybridized carbons (Fsp3) is 0.364. The largest absolute Gasteiger partial charge is 0.481 e. The number of aliphatic carboxylic acids is 1. The normalized spacial score (nSPS) is 17.9. The quantitative estimate of drug-likeness (QED) is 0.778. The zero-order valence-electron chi connectivity index (χ0n) is 8.27. The third-order valence-corrected chi connectivity index (χ3v) is 2.62. The van der Waals surface area contributed by atoms with Crippen molar-refractivity contribution in [1.82, 2.24) is 0 Å². The van der Waals surface area contributed by atoms with Crippen LogP contribution in [0, 0.1) is 5.41 Å². The Balaban J connectivity index is 1.95. The summed E-state index contributed by atoms with van der Waals surface area (Å²) in [6, 6.07) is 9.56. The Bertz CT molecular complexity index is 346. The Morgan fingerprint density at radius 1 is 1.40 bits per heavy atom. The van der Waals surface area contributed by atoms with Gasteiger partial charge in [0.1, 0.15) is 5.41 Å². The van der Waals surface area contributed by atoms with E-state index in [0.29, 0.717) is 19.8 Å². The Hall–Kier alpha value is -1.55.